The van der Waals surface area contributed by atoms with E-state index in [9.17, 15) is 0 Å². The molecule has 2 fully saturated rings. The van der Waals surface area contributed by atoms with Crippen molar-refractivity contribution in [2.24, 2.45) is 16.7 Å². The maximum absolute atomic E-state index is 3.99. The molecule has 0 aliphatic heterocycles. The molecule has 21 heavy (non-hydrogen) atoms. The molecule has 0 radical (unpaired) electrons. The van der Waals surface area contributed by atoms with E-state index in [1.807, 2.05) is 11.8 Å². The largest absolute Gasteiger partial charge is 0.306 e. The number of rotatable bonds is 4. The lowest BCUT2D eigenvalue weighted by molar-refractivity contribution is 0.100. The molecule has 2 saturated carbocycles. The van der Waals surface area contributed by atoms with Crippen LogP contribution >= 0.6 is 11.8 Å². The molecule has 0 spiro atoms. The molecule has 0 heterocycles. The van der Waals surface area contributed by atoms with Crippen LogP contribution in [0.3, 0.4) is 0 Å². The Balaban J connectivity index is 1.76. The number of fused-ring (bicyclic) bond motifs is 2. The summed E-state index contributed by atoms with van der Waals surface area (Å²) in [6, 6.07) is 10.1. The van der Waals surface area contributed by atoms with Crippen LogP contribution in [0.15, 0.2) is 29.2 Å². The first-order valence-corrected chi connectivity index (χ1v) is 9.49. The van der Waals surface area contributed by atoms with Gasteiger partial charge >= 0.3 is 0 Å². The molecule has 0 amide bonds. The molecule has 2 aliphatic rings. The zero-order valence-corrected chi connectivity index (χ0v) is 14.9. The van der Waals surface area contributed by atoms with Crippen LogP contribution in [0.1, 0.15) is 58.6 Å². The first kappa shape index (κ1) is 15.4. The van der Waals surface area contributed by atoms with Crippen LogP contribution in [-0.4, -0.2) is 12.3 Å². The van der Waals surface area contributed by atoms with Gasteiger partial charge in [0.1, 0.15) is 0 Å². The Hall–Kier alpha value is -0.470. The van der Waals surface area contributed by atoms with E-state index in [4.69, 9.17) is 0 Å². The highest BCUT2D eigenvalue weighted by atomic mass is 32.2. The second-order valence-electron chi connectivity index (χ2n) is 8.01. The highest BCUT2D eigenvalue weighted by Gasteiger charge is 2.59. The second-order valence-corrected chi connectivity index (χ2v) is 8.89. The SMILES string of the molecule is CSc1ccc(C(C)NC2C3(C)CCC(C3)C2(C)C)cc1. The van der Waals surface area contributed by atoms with Gasteiger partial charge in [-0.05, 0) is 66.9 Å². The van der Waals surface area contributed by atoms with Crippen LogP contribution in [0.4, 0.5) is 0 Å². The van der Waals surface area contributed by atoms with E-state index in [1.165, 1.54) is 29.7 Å². The predicted molar refractivity (Wildman–Crippen MR) is 92.8 cm³/mol. The normalized spacial score (nSPS) is 35.1. The van der Waals surface area contributed by atoms with Gasteiger partial charge in [-0.25, -0.2) is 0 Å². The lowest BCUT2D eigenvalue weighted by atomic mass is 9.68. The fourth-order valence-electron chi connectivity index (χ4n) is 4.96. The number of thioether (sulfide) groups is 1. The molecule has 3 rings (SSSR count). The van der Waals surface area contributed by atoms with E-state index in [1.54, 1.807) is 0 Å². The number of hydrogen-bond donors (Lipinski definition) is 1. The summed E-state index contributed by atoms with van der Waals surface area (Å²) in [4.78, 5) is 1.35. The van der Waals surface area contributed by atoms with Crippen molar-refractivity contribution >= 4 is 11.8 Å². The quantitative estimate of drug-likeness (QED) is 0.760. The van der Waals surface area contributed by atoms with Crippen LogP contribution in [0.5, 0.6) is 0 Å². The predicted octanol–water partition coefficient (Wildman–Crippen LogP) is 5.27. The van der Waals surface area contributed by atoms with Crippen LogP contribution in [0, 0.1) is 16.7 Å². The van der Waals surface area contributed by atoms with E-state index in [0.29, 0.717) is 22.9 Å². The summed E-state index contributed by atoms with van der Waals surface area (Å²) >= 11 is 1.81. The van der Waals surface area contributed by atoms with Crippen molar-refractivity contribution in [3.8, 4) is 0 Å². The number of hydrogen-bond acceptors (Lipinski definition) is 2. The van der Waals surface area contributed by atoms with Gasteiger partial charge in [-0.1, -0.05) is 32.9 Å². The minimum atomic E-state index is 0.431. The molecule has 0 aromatic heterocycles. The molecular weight excluding hydrogens is 274 g/mol. The molecule has 4 unspecified atom stereocenters. The molecule has 2 aliphatic carbocycles. The van der Waals surface area contributed by atoms with Gasteiger partial charge < -0.3 is 5.32 Å². The minimum absolute atomic E-state index is 0.431. The number of benzene rings is 1. The standard InChI is InChI=1S/C19H29NS/c1-13(14-6-8-16(21-5)9-7-14)20-17-18(2,3)15-10-11-19(17,4)12-15/h6-9,13,15,17,20H,10-12H2,1-5H3. The zero-order chi connectivity index (χ0) is 15.3. The molecule has 0 saturated heterocycles. The Bertz CT molecular complexity index is 502. The smallest absolute Gasteiger partial charge is 0.0294 e. The van der Waals surface area contributed by atoms with Gasteiger partial charge in [-0.3, -0.25) is 0 Å². The van der Waals surface area contributed by atoms with Gasteiger partial charge in [0, 0.05) is 17.0 Å². The Morgan fingerprint density at radius 1 is 1.19 bits per heavy atom. The third-order valence-electron chi connectivity index (χ3n) is 6.30. The Labute approximate surface area is 134 Å². The van der Waals surface area contributed by atoms with Gasteiger partial charge in [0.2, 0.25) is 0 Å². The van der Waals surface area contributed by atoms with Crippen molar-refractivity contribution < 1.29 is 0 Å². The third-order valence-corrected chi connectivity index (χ3v) is 7.05. The van der Waals surface area contributed by atoms with Gasteiger partial charge in [0.25, 0.3) is 0 Å². The van der Waals surface area contributed by atoms with Gasteiger partial charge in [0.15, 0.2) is 0 Å². The molecule has 2 heteroatoms. The average Bonchev–Trinajstić information content (AvgIpc) is 2.94. The van der Waals surface area contributed by atoms with E-state index < -0.39 is 0 Å². The van der Waals surface area contributed by atoms with E-state index in [-0.39, 0.29) is 0 Å². The topological polar surface area (TPSA) is 12.0 Å². The van der Waals surface area contributed by atoms with Crippen LogP contribution in [0.25, 0.3) is 0 Å². The maximum Gasteiger partial charge on any atom is 0.0294 e. The fraction of sp³-hybridized carbons (Fsp3) is 0.684. The molecule has 4 atom stereocenters. The summed E-state index contributed by atoms with van der Waals surface area (Å²) in [6.07, 6.45) is 6.38. The first-order valence-electron chi connectivity index (χ1n) is 8.27. The van der Waals surface area contributed by atoms with Gasteiger partial charge in [0.05, 0.1) is 0 Å². The zero-order valence-electron chi connectivity index (χ0n) is 14.1. The van der Waals surface area contributed by atoms with Crippen LogP contribution < -0.4 is 5.32 Å². The van der Waals surface area contributed by atoms with Crippen LogP contribution in [0.2, 0.25) is 0 Å². The highest BCUT2D eigenvalue weighted by Crippen LogP contribution is 2.62. The molecular formula is C19H29NS. The Morgan fingerprint density at radius 3 is 2.38 bits per heavy atom. The van der Waals surface area contributed by atoms with E-state index in [0.717, 1.165) is 5.92 Å². The summed E-state index contributed by atoms with van der Waals surface area (Å²) < 4.78 is 0. The van der Waals surface area contributed by atoms with Gasteiger partial charge in [-0.2, -0.15) is 0 Å². The minimum Gasteiger partial charge on any atom is -0.306 e. The fourth-order valence-corrected chi connectivity index (χ4v) is 5.37. The van der Waals surface area contributed by atoms with Crippen molar-refractivity contribution in [3.63, 3.8) is 0 Å². The van der Waals surface area contributed by atoms with Crippen molar-refractivity contribution in [1.82, 2.24) is 5.32 Å². The summed E-state index contributed by atoms with van der Waals surface area (Å²) in [5.74, 6) is 0.908. The summed E-state index contributed by atoms with van der Waals surface area (Å²) in [5.41, 5.74) is 2.34. The molecule has 2 bridgehead atoms. The van der Waals surface area contributed by atoms with Crippen molar-refractivity contribution in [2.45, 2.75) is 63.9 Å². The van der Waals surface area contributed by atoms with Crippen molar-refractivity contribution in [2.75, 3.05) is 6.26 Å². The average molecular weight is 304 g/mol. The molecule has 1 aromatic rings. The van der Waals surface area contributed by atoms with Crippen molar-refractivity contribution in [1.29, 1.82) is 0 Å². The Morgan fingerprint density at radius 2 is 1.86 bits per heavy atom. The summed E-state index contributed by atoms with van der Waals surface area (Å²) in [6.45, 7) is 9.77. The third kappa shape index (κ3) is 2.55. The molecule has 1 N–H and O–H groups in total. The monoisotopic (exact) mass is 303 g/mol. The van der Waals surface area contributed by atoms with Crippen molar-refractivity contribution in [3.05, 3.63) is 29.8 Å². The maximum atomic E-state index is 3.99. The molecule has 116 valence electrons. The summed E-state index contributed by atoms with van der Waals surface area (Å²) in [7, 11) is 0. The first-order chi connectivity index (χ1) is 9.87. The number of nitrogens with one attached hydrogen (secondary N) is 1. The lowest BCUT2D eigenvalue weighted by Crippen LogP contribution is -2.50. The molecule has 1 nitrogen and oxygen atoms in total. The molecule has 1 aromatic carbocycles. The van der Waals surface area contributed by atoms with E-state index >= 15 is 0 Å². The summed E-state index contributed by atoms with van der Waals surface area (Å²) in [5, 5.41) is 3.99. The van der Waals surface area contributed by atoms with Crippen LogP contribution in [-0.2, 0) is 0 Å². The Kier molecular flexibility index (Phi) is 3.90. The van der Waals surface area contributed by atoms with Gasteiger partial charge in [-0.15, -0.1) is 11.8 Å². The highest BCUT2D eigenvalue weighted by molar-refractivity contribution is 7.98. The van der Waals surface area contributed by atoms with E-state index in [2.05, 4.69) is 63.5 Å². The lowest BCUT2D eigenvalue weighted by Gasteiger charge is -2.44. The second kappa shape index (κ2) is 5.31.